The molecule has 5 nitrogen and oxygen atoms in total. The van der Waals surface area contributed by atoms with Crippen molar-refractivity contribution in [3.05, 3.63) is 77.6 Å². The molecule has 174 valence electrons. The topological polar surface area (TPSA) is 69.2 Å². The van der Waals surface area contributed by atoms with Crippen LogP contribution in [0.1, 0.15) is 23.1 Å². The molecule has 4 aromatic rings. The summed E-state index contributed by atoms with van der Waals surface area (Å²) in [6, 6.07) is 12.6. The molecule has 3 heterocycles. The molecule has 0 spiro atoms. The minimum Gasteiger partial charge on any atom is -0.457 e. The maximum Gasteiger partial charge on any atom is 0.418 e. The zero-order valence-electron chi connectivity index (χ0n) is 18.1. The van der Waals surface area contributed by atoms with Gasteiger partial charge < -0.3 is 4.74 Å². The van der Waals surface area contributed by atoms with Crippen LogP contribution in [0.25, 0.3) is 22.0 Å². The van der Waals surface area contributed by atoms with E-state index in [0.29, 0.717) is 46.4 Å². The third kappa shape index (κ3) is 3.90. The summed E-state index contributed by atoms with van der Waals surface area (Å²) in [7, 11) is -3.44. The Morgan fingerprint density at radius 2 is 1.82 bits per heavy atom. The second-order valence-electron chi connectivity index (χ2n) is 8.16. The maximum absolute atomic E-state index is 13.5. The zero-order valence-corrected chi connectivity index (χ0v) is 18.9. The highest BCUT2D eigenvalue weighted by Crippen LogP contribution is 2.40. The average Bonchev–Trinajstić information content (AvgIpc) is 2.78. The number of aromatic nitrogens is 2. The molecule has 0 atom stereocenters. The van der Waals surface area contributed by atoms with Gasteiger partial charge in [0.25, 0.3) is 0 Å². The predicted octanol–water partition coefficient (Wildman–Crippen LogP) is 6.14. The van der Waals surface area contributed by atoms with Crippen LogP contribution < -0.4 is 4.74 Å². The predicted molar refractivity (Wildman–Crippen MR) is 122 cm³/mol. The molecule has 5 rings (SSSR count). The van der Waals surface area contributed by atoms with Crippen molar-refractivity contribution in [1.82, 2.24) is 9.97 Å². The Morgan fingerprint density at radius 1 is 1.03 bits per heavy atom. The summed E-state index contributed by atoms with van der Waals surface area (Å²) in [4.78, 5) is 8.12. The number of pyridine rings is 2. The van der Waals surface area contributed by atoms with Crippen LogP contribution in [0.5, 0.6) is 11.5 Å². The quantitative estimate of drug-likeness (QED) is 0.350. The van der Waals surface area contributed by atoms with Crippen molar-refractivity contribution < 1.29 is 26.3 Å². The largest absolute Gasteiger partial charge is 0.457 e. The van der Waals surface area contributed by atoms with E-state index in [4.69, 9.17) is 4.74 Å². The average molecular weight is 484 g/mol. The zero-order chi connectivity index (χ0) is 24.1. The molecule has 2 aromatic heterocycles. The summed E-state index contributed by atoms with van der Waals surface area (Å²) in [5, 5.41) is 0.433. The van der Waals surface area contributed by atoms with Crippen molar-refractivity contribution in [2.75, 3.05) is 5.75 Å². The molecule has 0 saturated carbocycles. The lowest BCUT2D eigenvalue weighted by Crippen LogP contribution is -2.18. The van der Waals surface area contributed by atoms with Gasteiger partial charge in [-0.15, -0.1) is 0 Å². The molecule has 0 N–H and O–H groups in total. The lowest BCUT2D eigenvalue weighted by molar-refractivity contribution is -0.136. The number of alkyl halides is 3. The Labute approximate surface area is 194 Å². The third-order valence-corrected chi connectivity index (χ3v) is 7.62. The number of benzene rings is 2. The van der Waals surface area contributed by atoms with Crippen LogP contribution in [0.4, 0.5) is 13.2 Å². The van der Waals surface area contributed by atoms with Crippen LogP contribution in [-0.4, -0.2) is 24.1 Å². The summed E-state index contributed by atoms with van der Waals surface area (Å²) in [5.74, 6) is 0.895. The van der Waals surface area contributed by atoms with Crippen LogP contribution in [0.15, 0.2) is 66.0 Å². The number of hydrogen-bond acceptors (Lipinski definition) is 5. The lowest BCUT2D eigenvalue weighted by Gasteiger charge is -2.19. The molecule has 0 fully saturated rings. The van der Waals surface area contributed by atoms with Crippen LogP contribution in [0.2, 0.25) is 0 Å². The smallest absolute Gasteiger partial charge is 0.418 e. The van der Waals surface area contributed by atoms with E-state index >= 15 is 0 Å². The Hall–Kier alpha value is -3.46. The molecule has 0 radical (unpaired) electrons. The highest BCUT2D eigenvalue weighted by Gasteiger charge is 2.33. The number of sulfone groups is 1. The Balaban J connectivity index is 1.60. The minimum absolute atomic E-state index is 0.0445. The van der Waals surface area contributed by atoms with E-state index in [1.165, 1.54) is 18.5 Å². The first-order valence-corrected chi connectivity index (χ1v) is 12.2. The SMILES string of the molecule is Cc1cnc2c(C(F)(F)F)cccc2c1-c1cccc(Oc2ccnc3c2CCCS3(=O)=O)c1. The van der Waals surface area contributed by atoms with Gasteiger partial charge in [-0.3, -0.25) is 4.98 Å². The Bertz CT molecular complexity index is 1530. The van der Waals surface area contributed by atoms with Crippen LogP contribution in [-0.2, 0) is 22.4 Å². The van der Waals surface area contributed by atoms with Crippen LogP contribution in [0, 0.1) is 6.92 Å². The number of aryl methyl sites for hydroxylation is 1. The molecule has 0 bridgehead atoms. The molecule has 9 heteroatoms. The van der Waals surface area contributed by atoms with E-state index in [-0.39, 0.29) is 16.3 Å². The van der Waals surface area contributed by atoms with E-state index in [1.807, 2.05) is 0 Å². The first kappa shape index (κ1) is 22.3. The summed E-state index contributed by atoms with van der Waals surface area (Å²) in [6.45, 7) is 1.79. The molecule has 0 aliphatic carbocycles. The van der Waals surface area contributed by atoms with E-state index < -0.39 is 21.6 Å². The number of rotatable bonds is 3. The number of fused-ring (bicyclic) bond motifs is 2. The standard InChI is InChI=1S/C25H19F3N2O3S/c1-15-14-30-23-19(7-3-9-20(23)25(26,27)28)22(15)16-5-2-6-17(13-16)33-21-10-11-29-24-18(21)8-4-12-34(24,31)32/h2-3,5-7,9-11,13-14H,4,8,12H2,1H3. The molecule has 1 aliphatic rings. The normalized spacial score (nSPS) is 15.2. The molecular weight excluding hydrogens is 465 g/mol. The third-order valence-electron chi connectivity index (χ3n) is 5.85. The van der Waals surface area contributed by atoms with E-state index in [2.05, 4.69) is 9.97 Å². The lowest BCUT2D eigenvalue weighted by atomic mass is 9.95. The summed E-state index contributed by atoms with van der Waals surface area (Å²) in [5.41, 5.74) is 1.65. The van der Waals surface area contributed by atoms with Gasteiger partial charge in [0.15, 0.2) is 14.9 Å². The van der Waals surface area contributed by atoms with Gasteiger partial charge in [0.1, 0.15) is 11.5 Å². The second kappa shape index (κ2) is 8.09. The first-order valence-electron chi connectivity index (χ1n) is 10.6. The molecule has 34 heavy (non-hydrogen) atoms. The van der Waals surface area contributed by atoms with Gasteiger partial charge in [-0.2, -0.15) is 13.2 Å². The summed E-state index contributed by atoms with van der Waals surface area (Å²) < 4.78 is 71.4. The monoisotopic (exact) mass is 484 g/mol. The number of hydrogen-bond donors (Lipinski definition) is 0. The fourth-order valence-corrected chi connectivity index (χ4v) is 5.88. The van der Waals surface area contributed by atoms with Crippen LogP contribution in [0.3, 0.4) is 0 Å². The summed E-state index contributed by atoms with van der Waals surface area (Å²) >= 11 is 0. The summed E-state index contributed by atoms with van der Waals surface area (Å²) in [6.07, 6.45) is -0.664. The van der Waals surface area contributed by atoms with Gasteiger partial charge in [0.05, 0.1) is 16.8 Å². The molecular formula is C25H19F3N2O3S. The van der Waals surface area contributed by atoms with E-state index in [9.17, 15) is 21.6 Å². The van der Waals surface area contributed by atoms with Gasteiger partial charge in [-0.05, 0) is 60.7 Å². The van der Waals surface area contributed by atoms with Crippen molar-refractivity contribution in [1.29, 1.82) is 0 Å². The number of ether oxygens (including phenoxy) is 1. The second-order valence-corrected chi connectivity index (χ2v) is 10.2. The van der Waals surface area contributed by atoms with Gasteiger partial charge >= 0.3 is 6.18 Å². The van der Waals surface area contributed by atoms with Crippen molar-refractivity contribution >= 4 is 20.7 Å². The fraction of sp³-hybridized carbons (Fsp3) is 0.200. The van der Waals surface area contributed by atoms with E-state index in [0.717, 1.165) is 11.6 Å². The Kier molecular flexibility index (Phi) is 5.31. The van der Waals surface area contributed by atoms with E-state index in [1.54, 1.807) is 43.3 Å². The fourth-order valence-electron chi connectivity index (χ4n) is 4.36. The maximum atomic E-state index is 13.5. The first-order chi connectivity index (χ1) is 16.1. The van der Waals surface area contributed by atoms with Gasteiger partial charge in [-0.25, -0.2) is 13.4 Å². The highest BCUT2D eigenvalue weighted by molar-refractivity contribution is 7.91. The molecule has 1 aliphatic heterocycles. The van der Waals surface area contributed by atoms with Gasteiger partial charge in [0.2, 0.25) is 0 Å². The number of halogens is 3. The number of para-hydroxylation sites is 1. The van der Waals surface area contributed by atoms with Crippen LogP contribution >= 0.6 is 0 Å². The molecule has 0 saturated heterocycles. The van der Waals surface area contributed by atoms with Gasteiger partial charge in [0, 0.05) is 23.3 Å². The van der Waals surface area contributed by atoms with Crippen molar-refractivity contribution in [2.45, 2.75) is 31.0 Å². The minimum atomic E-state index is -4.52. The Morgan fingerprint density at radius 3 is 2.62 bits per heavy atom. The molecule has 2 aromatic carbocycles. The van der Waals surface area contributed by atoms with Crippen molar-refractivity contribution in [2.24, 2.45) is 0 Å². The molecule has 0 unspecified atom stereocenters. The van der Waals surface area contributed by atoms with Gasteiger partial charge in [-0.1, -0.05) is 24.3 Å². The number of nitrogens with zero attached hydrogens (tertiary/aromatic N) is 2. The van der Waals surface area contributed by atoms with Crippen molar-refractivity contribution in [3.8, 4) is 22.6 Å². The van der Waals surface area contributed by atoms with Crippen molar-refractivity contribution in [3.63, 3.8) is 0 Å². The highest BCUT2D eigenvalue weighted by atomic mass is 32.2. The molecule has 0 amide bonds.